The summed E-state index contributed by atoms with van der Waals surface area (Å²) in [5.74, 6) is 7.10. The zero-order valence-corrected chi connectivity index (χ0v) is 11.7. The van der Waals surface area contributed by atoms with Crippen molar-refractivity contribution >= 4 is 11.6 Å². The predicted octanol–water partition coefficient (Wildman–Crippen LogP) is 3.39. The predicted molar refractivity (Wildman–Crippen MR) is 75.4 cm³/mol. The minimum atomic E-state index is 0.356. The molecule has 0 bridgehead atoms. The summed E-state index contributed by atoms with van der Waals surface area (Å²) in [5, 5.41) is 0. The van der Waals surface area contributed by atoms with Crippen LogP contribution in [-0.4, -0.2) is 25.7 Å². The third kappa shape index (κ3) is 5.44. The van der Waals surface area contributed by atoms with Gasteiger partial charge in [-0.25, -0.2) is 0 Å². The highest BCUT2D eigenvalue weighted by atomic mass is 35.5. The SMILES string of the molecule is CCOCCCOc1ccc(C#CCCl)c(C)c1. The summed E-state index contributed by atoms with van der Waals surface area (Å²) in [6.45, 7) is 6.18. The van der Waals surface area contributed by atoms with Crippen LogP contribution in [0.4, 0.5) is 0 Å². The van der Waals surface area contributed by atoms with Crippen LogP contribution in [0.5, 0.6) is 5.75 Å². The van der Waals surface area contributed by atoms with E-state index in [4.69, 9.17) is 21.1 Å². The van der Waals surface area contributed by atoms with Gasteiger partial charge < -0.3 is 9.47 Å². The van der Waals surface area contributed by atoms with E-state index in [9.17, 15) is 0 Å². The number of hydrogen-bond acceptors (Lipinski definition) is 2. The summed E-state index contributed by atoms with van der Waals surface area (Å²) in [7, 11) is 0. The molecule has 0 unspecified atom stereocenters. The van der Waals surface area contributed by atoms with E-state index in [1.807, 2.05) is 32.0 Å². The Labute approximate surface area is 114 Å². The Morgan fingerprint density at radius 3 is 2.78 bits per heavy atom. The van der Waals surface area contributed by atoms with Crippen molar-refractivity contribution in [2.45, 2.75) is 20.3 Å². The van der Waals surface area contributed by atoms with Crippen LogP contribution in [0, 0.1) is 18.8 Å². The van der Waals surface area contributed by atoms with Crippen LogP contribution in [0.15, 0.2) is 18.2 Å². The molecule has 0 saturated carbocycles. The van der Waals surface area contributed by atoms with Crippen molar-refractivity contribution in [2.75, 3.05) is 25.7 Å². The molecule has 0 heterocycles. The fraction of sp³-hybridized carbons (Fsp3) is 0.467. The molecule has 0 saturated heterocycles. The van der Waals surface area contributed by atoms with Gasteiger partial charge in [0.05, 0.1) is 12.5 Å². The Bertz CT molecular complexity index is 418. The Morgan fingerprint density at radius 2 is 2.11 bits per heavy atom. The van der Waals surface area contributed by atoms with Gasteiger partial charge in [0.25, 0.3) is 0 Å². The first-order valence-electron chi connectivity index (χ1n) is 6.14. The van der Waals surface area contributed by atoms with E-state index in [1.165, 1.54) is 0 Å². The molecule has 1 aromatic carbocycles. The zero-order chi connectivity index (χ0) is 13.2. The van der Waals surface area contributed by atoms with Gasteiger partial charge in [-0.2, -0.15) is 0 Å². The molecule has 0 atom stereocenters. The van der Waals surface area contributed by atoms with Crippen molar-refractivity contribution in [3.63, 3.8) is 0 Å². The largest absolute Gasteiger partial charge is 0.493 e. The minimum absolute atomic E-state index is 0.356. The van der Waals surface area contributed by atoms with Crippen LogP contribution in [0.1, 0.15) is 24.5 Å². The average Bonchev–Trinajstić information content (AvgIpc) is 2.37. The van der Waals surface area contributed by atoms with Gasteiger partial charge in [0, 0.05) is 25.2 Å². The molecular formula is C15H19ClO2. The molecule has 0 aliphatic heterocycles. The third-order valence-corrected chi connectivity index (χ3v) is 2.53. The molecule has 0 aliphatic rings. The average molecular weight is 267 g/mol. The van der Waals surface area contributed by atoms with Crippen molar-refractivity contribution in [3.05, 3.63) is 29.3 Å². The second-order valence-electron chi connectivity index (χ2n) is 3.81. The molecule has 3 heteroatoms. The van der Waals surface area contributed by atoms with Gasteiger partial charge in [0.2, 0.25) is 0 Å². The van der Waals surface area contributed by atoms with Crippen molar-refractivity contribution in [2.24, 2.45) is 0 Å². The van der Waals surface area contributed by atoms with E-state index in [2.05, 4.69) is 11.8 Å². The highest BCUT2D eigenvalue weighted by molar-refractivity contribution is 6.19. The van der Waals surface area contributed by atoms with Gasteiger partial charge in [-0.05, 0) is 37.6 Å². The summed E-state index contributed by atoms with van der Waals surface area (Å²) in [5.41, 5.74) is 2.10. The van der Waals surface area contributed by atoms with Crippen LogP contribution < -0.4 is 4.74 Å². The normalized spacial score (nSPS) is 9.72. The van der Waals surface area contributed by atoms with E-state index in [1.54, 1.807) is 0 Å². The van der Waals surface area contributed by atoms with E-state index < -0.39 is 0 Å². The molecule has 18 heavy (non-hydrogen) atoms. The molecule has 1 rings (SSSR count). The molecule has 0 amide bonds. The number of rotatable bonds is 6. The minimum Gasteiger partial charge on any atom is -0.493 e. The number of ether oxygens (including phenoxy) is 2. The van der Waals surface area contributed by atoms with Crippen molar-refractivity contribution in [1.82, 2.24) is 0 Å². The third-order valence-electron chi connectivity index (χ3n) is 2.39. The van der Waals surface area contributed by atoms with Crippen LogP contribution in [0.2, 0.25) is 0 Å². The van der Waals surface area contributed by atoms with Gasteiger partial charge in [-0.15, -0.1) is 11.6 Å². The second-order valence-corrected chi connectivity index (χ2v) is 4.08. The Morgan fingerprint density at radius 1 is 1.28 bits per heavy atom. The maximum Gasteiger partial charge on any atom is 0.119 e. The highest BCUT2D eigenvalue weighted by Crippen LogP contribution is 2.16. The second kappa shape index (κ2) is 8.85. The first-order valence-corrected chi connectivity index (χ1v) is 6.67. The first kappa shape index (κ1) is 14.9. The molecule has 0 spiro atoms. The summed E-state index contributed by atoms with van der Waals surface area (Å²) in [6, 6.07) is 5.90. The van der Waals surface area contributed by atoms with Crippen molar-refractivity contribution in [1.29, 1.82) is 0 Å². The highest BCUT2D eigenvalue weighted by Gasteiger charge is 1.98. The number of hydrogen-bond donors (Lipinski definition) is 0. The van der Waals surface area contributed by atoms with E-state index in [0.717, 1.165) is 36.5 Å². The number of alkyl halides is 1. The standard InChI is InChI=1S/C15H19ClO2/c1-3-17-10-5-11-18-15-8-7-14(6-4-9-16)13(2)12-15/h7-8,12H,3,5,9-11H2,1-2H3. The van der Waals surface area contributed by atoms with Gasteiger partial charge in [0.15, 0.2) is 0 Å². The van der Waals surface area contributed by atoms with Crippen LogP contribution in [-0.2, 0) is 4.74 Å². The van der Waals surface area contributed by atoms with E-state index in [0.29, 0.717) is 12.5 Å². The topological polar surface area (TPSA) is 18.5 Å². The first-order chi connectivity index (χ1) is 8.77. The van der Waals surface area contributed by atoms with Gasteiger partial charge >= 0.3 is 0 Å². The molecule has 0 radical (unpaired) electrons. The lowest BCUT2D eigenvalue weighted by Crippen LogP contribution is -2.03. The maximum atomic E-state index is 5.64. The Balaban J connectivity index is 2.46. The fourth-order valence-electron chi connectivity index (χ4n) is 1.49. The lowest BCUT2D eigenvalue weighted by Gasteiger charge is -2.07. The molecule has 0 aromatic heterocycles. The molecular weight excluding hydrogens is 248 g/mol. The summed E-state index contributed by atoms with van der Waals surface area (Å²) in [6.07, 6.45) is 0.903. The molecule has 2 nitrogen and oxygen atoms in total. The lowest BCUT2D eigenvalue weighted by molar-refractivity contribution is 0.131. The molecule has 98 valence electrons. The van der Waals surface area contributed by atoms with Crippen LogP contribution >= 0.6 is 11.6 Å². The number of aryl methyl sites for hydroxylation is 1. The van der Waals surface area contributed by atoms with Crippen LogP contribution in [0.3, 0.4) is 0 Å². The van der Waals surface area contributed by atoms with Gasteiger partial charge in [-0.3, -0.25) is 0 Å². The monoisotopic (exact) mass is 266 g/mol. The van der Waals surface area contributed by atoms with Crippen molar-refractivity contribution < 1.29 is 9.47 Å². The number of halogens is 1. The van der Waals surface area contributed by atoms with E-state index >= 15 is 0 Å². The van der Waals surface area contributed by atoms with E-state index in [-0.39, 0.29) is 0 Å². The summed E-state index contributed by atoms with van der Waals surface area (Å²) >= 11 is 5.54. The van der Waals surface area contributed by atoms with Crippen LogP contribution in [0.25, 0.3) is 0 Å². The smallest absolute Gasteiger partial charge is 0.119 e. The zero-order valence-electron chi connectivity index (χ0n) is 11.0. The fourth-order valence-corrected chi connectivity index (χ4v) is 1.56. The molecule has 1 aromatic rings. The molecule has 0 N–H and O–H groups in total. The Hall–Kier alpha value is -1.17. The Kier molecular flexibility index (Phi) is 7.32. The maximum absolute atomic E-state index is 5.64. The quantitative estimate of drug-likeness (QED) is 0.446. The summed E-state index contributed by atoms with van der Waals surface area (Å²) < 4.78 is 10.9. The summed E-state index contributed by atoms with van der Waals surface area (Å²) in [4.78, 5) is 0. The molecule has 0 aliphatic carbocycles. The lowest BCUT2D eigenvalue weighted by atomic mass is 10.1. The van der Waals surface area contributed by atoms with Crippen molar-refractivity contribution in [3.8, 4) is 17.6 Å². The molecule has 0 fully saturated rings. The number of benzene rings is 1. The van der Waals surface area contributed by atoms with Gasteiger partial charge in [-0.1, -0.05) is 11.8 Å². The van der Waals surface area contributed by atoms with Gasteiger partial charge in [0.1, 0.15) is 5.75 Å².